The Kier molecular flexibility index (Phi) is 28.3. The Morgan fingerprint density at radius 1 is 0.414 bits per heavy atom. The number of piperidine rings is 2. The monoisotopic (exact) mass is 1670 g/mol. The number of carbonyl (C=O) groups is 4. The molecular formula is C84H116N16O12S4. The molecule has 4 saturated carbocycles. The summed E-state index contributed by atoms with van der Waals surface area (Å²) >= 11 is -8.22. The lowest BCUT2D eigenvalue weighted by Crippen LogP contribution is -2.49. The van der Waals surface area contributed by atoms with E-state index in [1.807, 2.05) is 26.0 Å². The van der Waals surface area contributed by atoms with Crippen LogP contribution in [-0.4, -0.2) is 150 Å². The van der Waals surface area contributed by atoms with Crippen molar-refractivity contribution in [2.45, 2.75) is 283 Å². The van der Waals surface area contributed by atoms with Gasteiger partial charge in [-0.3, -0.25) is 38.8 Å². The van der Waals surface area contributed by atoms with Crippen LogP contribution in [0.25, 0.3) is 11.3 Å². The lowest BCUT2D eigenvalue weighted by atomic mass is 9.87. The van der Waals surface area contributed by atoms with E-state index in [9.17, 15) is 26.4 Å². The van der Waals surface area contributed by atoms with Gasteiger partial charge in [0.25, 0.3) is 46.2 Å². The van der Waals surface area contributed by atoms with Crippen molar-refractivity contribution in [2.24, 2.45) is 0 Å². The molecule has 8 aromatic rings. The first kappa shape index (κ1) is 85.3. The first-order valence-corrected chi connectivity index (χ1v) is 46.1. The third-order valence-corrected chi connectivity index (χ3v) is 26.5. The van der Waals surface area contributed by atoms with E-state index >= 15 is 9.59 Å². The summed E-state index contributed by atoms with van der Waals surface area (Å²) in [6.07, 6.45) is 27.3. The number of likely N-dealkylation sites (tertiary alicyclic amines) is 2. The zero-order chi connectivity index (χ0) is 82.0. The fourth-order valence-electron chi connectivity index (χ4n) is 16.8. The first-order valence-electron chi connectivity index (χ1n) is 41.8. The minimum Gasteiger partial charge on any atom is -0.389 e. The van der Waals surface area contributed by atoms with Crippen molar-refractivity contribution in [3.8, 4) is 23.0 Å². The van der Waals surface area contributed by atoms with Crippen molar-refractivity contribution in [3.05, 3.63) is 141 Å². The molecule has 0 bridgehead atoms. The second-order valence-corrected chi connectivity index (χ2v) is 37.7. The molecule has 628 valence electrons. The lowest BCUT2D eigenvalue weighted by molar-refractivity contribution is 0.0445. The molecule has 6 heterocycles. The van der Waals surface area contributed by atoms with Crippen LogP contribution in [0.3, 0.4) is 0 Å². The number of anilines is 2. The molecule has 0 spiro atoms. The van der Waals surface area contributed by atoms with Crippen molar-refractivity contribution < 1.29 is 52.7 Å². The Morgan fingerprint density at radius 2 is 0.733 bits per heavy atom. The number of aromatic nitrogens is 8. The summed E-state index contributed by atoms with van der Waals surface area (Å²) in [5, 5.41) is 23.7. The number of carbonyl (C=O) groups excluding carboxylic acids is 4. The zero-order valence-electron chi connectivity index (χ0n) is 68.8. The maximum absolute atomic E-state index is 15.0. The van der Waals surface area contributed by atoms with Crippen molar-refractivity contribution in [2.75, 3.05) is 35.6 Å². The lowest BCUT2D eigenvalue weighted by Gasteiger charge is -2.42. The average Bonchev–Trinajstić information content (AvgIpc) is 1.48. The SMILES string of the molecule is Cc1ccc(NS(=O)Oc2cc(C(=O)N(C3CCCCC3)C3CCCCC3)cc(C(=O)N(C3CCCCC3)C3CCCCC3)c2)cc1OS(=O)NC(C)c1nnc2cc(C(C)(C)C)[nH]n12.Cc1ccc(NS(=O)Oc2cc(C(=O)N3CCCCC3)cc(C(=O)N3CCCCC3)c2)cc1OS(=O)NC(C)c1nnc2cc(C(C)(C)C)[nH]n12. The van der Waals surface area contributed by atoms with Gasteiger partial charge < -0.3 is 36.3 Å². The summed E-state index contributed by atoms with van der Waals surface area (Å²) < 4.78 is 92.3. The zero-order valence-corrected chi connectivity index (χ0v) is 72.0. The summed E-state index contributed by atoms with van der Waals surface area (Å²) in [6.45, 7) is 22.5. The number of nitrogens with one attached hydrogen (secondary N) is 6. The van der Waals surface area contributed by atoms with Crippen molar-refractivity contribution in [1.29, 1.82) is 0 Å². The Hall–Kier alpha value is -8.56. The fourth-order valence-corrected chi connectivity index (χ4v) is 19.6. The van der Waals surface area contributed by atoms with E-state index in [0.29, 0.717) is 105 Å². The highest BCUT2D eigenvalue weighted by atomic mass is 32.2. The summed E-state index contributed by atoms with van der Waals surface area (Å²) in [4.78, 5) is 64.8. The van der Waals surface area contributed by atoms with Crippen molar-refractivity contribution >= 4 is 91.4 Å². The van der Waals surface area contributed by atoms with E-state index in [2.05, 4.69) is 101 Å². The predicted molar refractivity (Wildman–Crippen MR) is 452 cm³/mol. The van der Waals surface area contributed by atoms with Crippen LogP contribution in [0, 0.1) is 13.8 Å². The van der Waals surface area contributed by atoms with Crippen LogP contribution < -0.4 is 35.6 Å². The summed E-state index contributed by atoms with van der Waals surface area (Å²) in [7, 11) is 0. The van der Waals surface area contributed by atoms with E-state index in [1.165, 1.54) is 37.8 Å². The molecule has 6 aliphatic rings. The third kappa shape index (κ3) is 21.5. The van der Waals surface area contributed by atoms with Gasteiger partial charge in [-0.25, -0.2) is 9.03 Å². The van der Waals surface area contributed by atoms with E-state index in [4.69, 9.17) is 16.7 Å². The van der Waals surface area contributed by atoms with Crippen LogP contribution in [0.1, 0.15) is 310 Å². The molecule has 6 atom stereocenters. The molecule has 32 heteroatoms. The minimum absolute atomic E-state index is 0.0730. The molecule has 2 aliphatic heterocycles. The topological polar surface area (TPSA) is 327 Å². The fraction of sp³-hybridized carbons (Fsp3) is 0.571. The normalized spacial score (nSPS) is 18.7. The highest BCUT2D eigenvalue weighted by Gasteiger charge is 2.38. The molecule has 2 saturated heterocycles. The Morgan fingerprint density at radius 3 is 1.07 bits per heavy atom. The number of aryl methyl sites for hydroxylation is 2. The number of amides is 4. The Bertz CT molecular complexity index is 4700. The van der Waals surface area contributed by atoms with Crippen molar-refractivity contribution in [1.82, 2.24) is 68.7 Å². The number of hydrogen-bond acceptors (Lipinski definition) is 16. The van der Waals surface area contributed by atoms with Gasteiger partial charge in [-0.2, -0.15) is 26.3 Å². The molecule has 4 aromatic heterocycles. The van der Waals surface area contributed by atoms with Crippen molar-refractivity contribution in [3.63, 3.8) is 0 Å². The maximum Gasteiger partial charge on any atom is 0.316 e. The largest absolute Gasteiger partial charge is 0.389 e. The van der Waals surface area contributed by atoms with E-state index in [-0.39, 0.29) is 70.1 Å². The smallest absolute Gasteiger partial charge is 0.316 e. The molecule has 14 rings (SSSR count). The second-order valence-electron chi connectivity index (χ2n) is 34.2. The van der Waals surface area contributed by atoms with Crippen LogP contribution >= 0.6 is 0 Å². The van der Waals surface area contributed by atoms with Gasteiger partial charge in [-0.1, -0.05) is 131 Å². The summed E-state index contributed by atoms with van der Waals surface area (Å²) in [5.41, 5.74) is 6.71. The van der Waals surface area contributed by atoms with E-state index < -0.39 is 57.1 Å². The summed E-state index contributed by atoms with van der Waals surface area (Å²) in [5.74, 6) is 1.50. The molecule has 28 nitrogen and oxygen atoms in total. The van der Waals surface area contributed by atoms with E-state index in [1.54, 1.807) is 93.3 Å². The number of nitrogens with zero attached hydrogens (tertiary/aromatic N) is 10. The van der Waals surface area contributed by atoms with Gasteiger partial charge in [0.15, 0.2) is 22.9 Å². The Balaban J connectivity index is 0.000000208. The van der Waals surface area contributed by atoms with E-state index in [0.717, 1.165) is 153 Å². The number of H-pyrrole nitrogens is 2. The highest BCUT2D eigenvalue weighted by Crippen LogP contribution is 2.38. The average molecular weight is 1670 g/mol. The molecule has 4 aliphatic carbocycles. The van der Waals surface area contributed by atoms with Crippen LogP contribution in [0.5, 0.6) is 23.0 Å². The number of fused-ring (bicyclic) bond motifs is 2. The number of hydrogen-bond donors (Lipinski definition) is 6. The molecule has 6 fully saturated rings. The molecule has 4 amide bonds. The summed E-state index contributed by atoms with van der Waals surface area (Å²) in [6, 6.07) is 23.5. The highest BCUT2D eigenvalue weighted by molar-refractivity contribution is 7.82. The maximum atomic E-state index is 15.0. The number of benzene rings is 4. The van der Waals surface area contributed by atoms with Crippen LogP contribution in [0.15, 0.2) is 84.9 Å². The van der Waals surface area contributed by atoms with Gasteiger partial charge in [0.1, 0.15) is 23.0 Å². The second kappa shape index (κ2) is 38.4. The minimum atomic E-state index is -2.15. The van der Waals surface area contributed by atoms with Gasteiger partial charge in [-0.05, 0) is 177 Å². The van der Waals surface area contributed by atoms with Gasteiger partial charge >= 0.3 is 22.5 Å². The first-order chi connectivity index (χ1) is 55.7. The quantitative estimate of drug-likeness (QED) is 0.0293. The number of rotatable bonds is 26. The molecule has 116 heavy (non-hydrogen) atoms. The Labute approximate surface area is 691 Å². The molecule has 0 radical (unpaired) electrons. The van der Waals surface area contributed by atoms with Gasteiger partial charge in [0.2, 0.25) is 0 Å². The predicted octanol–water partition coefficient (Wildman–Crippen LogP) is 15.5. The molecule has 6 N–H and O–H groups in total. The molecular weight excluding hydrogens is 1550 g/mol. The van der Waals surface area contributed by atoms with Crippen LogP contribution in [0.2, 0.25) is 0 Å². The molecule has 4 aromatic carbocycles. The molecule has 6 unspecified atom stereocenters. The van der Waals surface area contributed by atoms with Crippen LogP contribution in [-0.2, 0) is 55.9 Å². The van der Waals surface area contributed by atoms with Gasteiger partial charge in [0, 0.05) is 119 Å². The standard InChI is InChI=1S/C49H70N8O6S2.C35H46N8O6S2/c1-33-26-27-37(31-43(33)63-64(60)53-34(2)46-51-50-45-32-44(49(3,4)5)52-57(45)46)54-65(61)62-42-29-35(47(58)55(38-18-10-6-11-19-38)39-20-12-7-13-21-39)28-36(30-42)48(59)56(40-22-14-8-15-23-40)41-24-16-9-17-25-41;1-23-12-13-27(21-29(23)49-50(46)39-24(2)32-37-36-31-22-30(35(3,4)5)38-43(31)32)40-51(47)48-28-19-25(33(44)41-14-8-6-9-15-41)18-26(20-28)34(45)42-16-10-7-11-17-42/h26-32,34,38-41,52-54H,6-25H2,1-5H3;12-13,18-22,24,38-40H,6-11,14-17H2,1-5H3. The van der Waals surface area contributed by atoms with Gasteiger partial charge in [0.05, 0.1) is 23.5 Å². The number of aromatic amines is 2. The third-order valence-electron chi connectivity index (χ3n) is 23.3. The van der Waals surface area contributed by atoms with Gasteiger partial charge in [-0.15, -0.1) is 20.4 Å². The van der Waals surface area contributed by atoms with Crippen LogP contribution in [0.4, 0.5) is 11.4 Å².